The first kappa shape index (κ1) is 6.27. The van der Waals surface area contributed by atoms with E-state index in [9.17, 15) is 0 Å². The van der Waals surface area contributed by atoms with E-state index in [2.05, 4.69) is 0 Å². The monoisotopic (exact) mass is 108 g/mol. The molecule has 3 heteroatoms. The van der Waals surface area contributed by atoms with E-state index in [-0.39, 0.29) is 0 Å². The second-order valence-corrected chi connectivity index (χ2v) is 1.85. The Morgan fingerprint density at radius 1 is 1.67 bits per heavy atom. The van der Waals surface area contributed by atoms with Crippen LogP contribution in [-0.4, -0.2) is 28.5 Å². The molecule has 0 amide bonds. The van der Waals surface area contributed by atoms with Gasteiger partial charge < -0.3 is 10.2 Å². The summed E-state index contributed by atoms with van der Waals surface area (Å²) < 4.78 is 0. The Bertz CT molecular complexity index is 30.0. The average molecular weight is 108 g/mol. The van der Waals surface area contributed by atoms with E-state index in [1.807, 2.05) is 6.26 Å². The predicted octanol–water partition coefficient (Wildman–Crippen LogP) is -0.340. The molecule has 0 saturated heterocycles. The average Bonchev–Trinajstić information content (AvgIpc) is 1.35. The van der Waals surface area contributed by atoms with E-state index in [0.717, 1.165) is 0 Å². The van der Waals surface area contributed by atoms with Crippen molar-refractivity contribution in [3.63, 3.8) is 0 Å². The Hall–Kier alpha value is 0.270. The van der Waals surface area contributed by atoms with E-state index in [1.54, 1.807) is 0 Å². The van der Waals surface area contributed by atoms with Crippen LogP contribution < -0.4 is 0 Å². The Balaban J connectivity index is 2.63. The fourth-order valence-electron chi connectivity index (χ4n) is 0.149. The molecule has 0 aliphatic heterocycles. The zero-order valence-electron chi connectivity index (χ0n) is 3.59. The first-order valence-electron chi connectivity index (χ1n) is 1.62. The predicted molar refractivity (Wildman–Crippen MR) is 26.6 cm³/mol. The van der Waals surface area contributed by atoms with Crippen molar-refractivity contribution in [2.24, 2.45) is 0 Å². The van der Waals surface area contributed by atoms with Crippen LogP contribution in [-0.2, 0) is 0 Å². The molecule has 2 N–H and O–H groups in total. The zero-order chi connectivity index (χ0) is 4.99. The summed E-state index contributed by atoms with van der Waals surface area (Å²) in [5.74, 6) is 0.403. The summed E-state index contributed by atoms with van der Waals surface area (Å²) in [4.78, 5) is 0. The normalized spacial score (nSPS) is 10.0. The lowest BCUT2D eigenvalue weighted by Crippen LogP contribution is -2.06. The van der Waals surface area contributed by atoms with Gasteiger partial charge >= 0.3 is 0 Å². The Kier molecular flexibility index (Phi) is 3.62. The lowest BCUT2D eigenvalue weighted by atomic mass is 10.8. The number of rotatable bonds is 2. The highest BCUT2D eigenvalue weighted by atomic mass is 32.2. The van der Waals surface area contributed by atoms with Gasteiger partial charge in [0.25, 0.3) is 0 Å². The third-order valence-electron chi connectivity index (χ3n) is 0.316. The van der Waals surface area contributed by atoms with Crippen molar-refractivity contribution in [1.82, 2.24) is 0 Å². The van der Waals surface area contributed by atoms with Crippen LogP contribution in [0.2, 0.25) is 0 Å². The second kappa shape index (κ2) is 3.46. The van der Waals surface area contributed by atoms with E-state index in [4.69, 9.17) is 10.2 Å². The van der Waals surface area contributed by atoms with Crippen LogP contribution in [0.5, 0.6) is 0 Å². The van der Waals surface area contributed by atoms with Gasteiger partial charge in [-0.25, -0.2) is 0 Å². The number of aliphatic hydroxyl groups excluding tert-OH is 1. The fraction of sp³-hybridized carbons (Fsp3) is 1.00. The lowest BCUT2D eigenvalue weighted by molar-refractivity contribution is -0.0185. The summed E-state index contributed by atoms with van der Waals surface area (Å²) in [6, 6.07) is 0. The molecule has 38 valence electrons. The topological polar surface area (TPSA) is 40.5 Å². The first-order chi connectivity index (χ1) is 2.77. The Morgan fingerprint density at radius 3 is 2.17 bits per heavy atom. The fourth-order valence-corrected chi connectivity index (χ4v) is 0.447. The van der Waals surface area contributed by atoms with Crippen molar-refractivity contribution in [1.29, 1.82) is 0 Å². The molecule has 0 rings (SSSR count). The van der Waals surface area contributed by atoms with E-state index in [1.165, 1.54) is 11.8 Å². The summed E-state index contributed by atoms with van der Waals surface area (Å²) in [7, 11) is 0. The van der Waals surface area contributed by atoms with Crippen molar-refractivity contribution in [3.05, 3.63) is 0 Å². The third kappa shape index (κ3) is 4.27. The maximum Gasteiger partial charge on any atom is 0.160 e. The van der Waals surface area contributed by atoms with Gasteiger partial charge in [-0.2, -0.15) is 11.8 Å². The molecule has 0 spiro atoms. The Morgan fingerprint density at radius 2 is 2.17 bits per heavy atom. The summed E-state index contributed by atoms with van der Waals surface area (Å²) in [6.07, 6.45) is 0.680. The second-order valence-electron chi connectivity index (χ2n) is 0.936. The van der Waals surface area contributed by atoms with Crippen LogP contribution in [0, 0.1) is 0 Å². The van der Waals surface area contributed by atoms with Crippen molar-refractivity contribution in [3.8, 4) is 0 Å². The number of aliphatic hydroxyl groups is 2. The standard InChI is InChI=1S/C3H8O2S/c1-6-2-3(4)5/h3-5H,2H2,1H3. The van der Waals surface area contributed by atoms with Crippen LogP contribution in [0.1, 0.15) is 0 Å². The number of thioether (sulfide) groups is 1. The number of hydrogen-bond acceptors (Lipinski definition) is 3. The van der Waals surface area contributed by atoms with Crippen molar-refractivity contribution >= 4 is 11.8 Å². The molecule has 0 aliphatic carbocycles. The molecule has 0 aromatic rings. The van der Waals surface area contributed by atoms with Gasteiger partial charge in [0.1, 0.15) is 0 Å². The smallest absolute Gasteiger partial charge is 0.160 e. The van der Waals surface area contributed by atoms with Gasteiger partial charge in [0.05, 0.1) is 0 Å². The van der Waals surface area contributed by atoms with Gasteiger partial charge in [-0.1, -0.05) is 0 Å². The van der Waals surface area contributed by atoms with Gasteiger partial charge in [-0.05, 0) is 6.26 Å². The van der Waals surface area contributed by atoms with Crippen LogP contribution in [0.4, 0.5) is 0 Å². The van der Waals surface area contributed by atoms with Gasteiger partial charge in [0, 0.05) is 5.75 Å². The molecule has 0 aromatic heterocycles. The highest BCUT2D eigenvalue weighted by molar-refractivity contribution is 7.98. The first-order valence-corrected chi connectivity index (χ1v) is 3.02. The van der Waals surface area contributed by atoms with E-state index in [0.29, 0.717) is 5.75 Å². The molecule has 0 aliphatic rings. The zero-order valence-corrected chi connectivity index (χ0v) is 4.40. The van der Waals surface area contributed by atoms with Crippen molar-refractivity contribution < 1.29 is 10.2 Å². The molecule has 0 bridgehead atoms. The highest BCUT2D eigenvalue weighted by Crippen LogP contribution is 1.91. The minimum Gasteiger partial charge on any atom is -0.367 e. The quantitative estimate of drug-likeness (QED) is 0.475. The van der Waals surface area contributed by atoms with E-state index < -0.39 is 6.29 Å². The Labute approximate surface area is 41.2 Å². The molecule has 0 aromatic carbocycles. The maximum atomic E-state index is 8.09. The van der Waals surface area contributed by atoms with Crippen LogP contribution in [0.3, 0.4) is 0 Å². The summed E-state index contributed by atoms with van der Waals surface area (Å²) in [5.41, 5.74) is 0. The van der Waals surface area contributed by atoms with Crippen LogP contribution in [0.25, 0.3) is 0 Å². The molecule has 2 nitrogen and oxygen atoms in total. The number of hydrogen-bond donors (Lipinski definition) is 2. The molecule has 0 saturated carbocycles. The minimum absolute atomic E-state index is 0.403. The van der Waals surface area contributed by atoms with Gasteiger partial charge in [-0.3, -0.25) is 0 Å². The molecule has 0 radical (unpaired) electrons. The SMILES string of the molecule is CSCC(O)O. The largest absolute Gasteiger partial charge is 0.367 e. The molecule has 6 heavy (non-hydrogen) atoms. The van der Waals surface area contributed by atoms with Crippen LogP contribution >= 0.6 is 11.8 Å². The van der Waals surface area contributed by atoms with Gasteiger partial charge in [-0.15, -0.1) is 0 Å². The summed E-state index contributed by atoms with van der Waals surface area (Å²) >= 11 is 1.41. The molecule has 0 atom stereocenters. The lowest BCUT2D eigenvalue weighted by Gasteiger charge is -1.94. The summed E-state index contributed by atoms with van der Waals surface area (Å²) in [6.45, 7) is 0. The highest BCUT2D eigenvalue weighted by Gasteiger charge is 1.89. The van der Waals surface area contributed by atoms with Gasteiger partial charge in [0.15, 0.2) is 6.29 Å². The van der Waals surface area contributed by atoms with Crippen molar-refractivity contribution in [2.45, 2.75) is 6.29 Å². The third-order valence-corrected chi connectivity index (χ3v) is 0.947. The molecule has 0 heterocycles. The summed E-state index contributed by atoms with van der Waals surface area (Å²) in [5, 5.41) is 16.2. The molecular weight excluding hydrogens is 100 g/mol. The van der Waals surface area contributed by atoms with Crippen LogP contribution in [0.15, 0.2) is 0 Å². The maximum absolute atomic E-state index is 8.09. The minimum atomic E-state index is -1.14. The molecule has 0 unspecified atom stereocenters. The van der Waals surface area contributed by atoms with Gasteiger partial charge in [0.2, 0.25) is 0 Å². The van der Waals surface area contributed by atoms with Crippen molar-refractivity contribution in [2.75, 3.05) is 12.0 Å². The molecule has 0 fully saturated rings. The molecular formula is C3H8O2S. The van der Waals surface area contributed by atoms with E-state index >= 15 is 0 Å².